The quantitative estimate of drug-likeness (QED) is 0.891. The highest BCUT2D eigenvalue weighted by atomic mass is 35.5. The van der Waals surface area contributed by atoms with E-state index in [0.717, 1.165) is 5.56 Å². The highest BCUT2D eigenvalue weighted by molar-refractivity contribution is 5.94. The molecule has 0 saturated heterocycles. The highest BCUT2D eigenvalue weighted by Gasteiger charge is 2.17. The van der Waals surface area contributed by atoms with E-state index < -0.39 is 6.04 Å². The van der Waals surface area contributed by atoms with E-state index in [-0.39, 0.29) is 36.6 Å². The molecule has 1 rings (SSSR count). The van der Waals surface area contributed by atoms with Gasteiger partial charge in [-0.05, 0) is 24.5 Å². The van der Waals surface area contributed by atoms with Crippen molar-refractivity contribution >= 4 is 36.5 Å². The number of aromatic nitrogens is 1. The first-order chi connectivity index (χ1) is 7.00. The number of carbonyl (C=O) groups excluding carboxylic acids is 1. The molecule has 0 radical (unpaired) electrons. The van der Waals surface area contributed by atoms with Crippen molar-refractivity contribution in [2.75, 3.05) is 5.32 Å². The lowest BCUT2D eigenvalue weighted by Crippen LogP contribution is -2.39. The van der Waals surface area contributed by atoms with Gasteiger partial charge in [0, 0.05) is 6.20 Å². The molecule has 1 aromatic heterocycles. The third-order valence-corrected chi connectivity index (χ3v) is 2.18. The maximum Gasteiger partial charge on any atom is 0.242 e. The van der Waals surface area contributed by atoms with Crippen LogP contribution in [0.15, 0.2) is 18.3 Å². The number of rotatable bonds is 3. The Morgan fingerprint density at radius 3 is 2.35 bits per heavy atom. The topological polar surface area (TPSA) is 68.0 Å². The summed E-state index contributed by atoms with van der Waals surface area (Å²) in [7, 11) is 0. The number of halogens is 2. The summed E-state index contributed by atoms with van der Waals surface area (Å²) in [5.74, 6) is 0.471. The Morgan fingerprint density at radius 2 is 1.94 bits per heavy atom. The van der Waals surface area contributed by atoms with Crippen LogP contribution in [-0.4, -0.2) is 16.9 Å². The molecule has 0 fully saturated rings. The molecule has 1 aromatic rings. The SMILES string of the molecule is Cc1ccc(NC(=O)C(N)C(C)C)nc1.Cl.Cl. The van der Waals surface area contributed by atoms with Gasteiger partial charge in [-0.15, -0.1) is 24.8 Å². The molecule has 0 bridgehead atoms. The van der Waals surface area contributed by atoms with E-state index in [1.54, 1.807) is 12.3 Å². The summed E-state index contributed by atoms with van der Waals surface area (Å²) in [5.41, 5.74) is 6.75. The summed E-state index contributed by atoms with van der Waals surface area (Å²) in [6.07, 6.45) is 1.70. The zero-order chi connectivity index (χ0) is 11.4. The van der Waals surface area contributed by atoms with E-state index in [2.05, 4.69) is 10.3 Å². The van der Waals surface area contributed by atoms with E-state index in [0.29, 0.717) is 5.82 Å². The van der Waals surface area contributed by atoms with Crippen LogP contribution in [0.5, 0.6) is 0 Å². The lowest BCUT2D eigenvalue weighted by atomic mass is 10.1. The molecular weight excluding hydrogens is 261 g/mol. The predicted molar refractivity (Wildman–Crippen MR) is 74.9 cm³/mol. The van der Waals surface area contributed by atoms with E-state index in [1.165, 1.54) is 0 Å². The van der Waals surface area contributed by atoms with Crippen molar-refractivity contribution in [2.45, 2.75) is 26.8 Å². The molecular formula is C11H19Cl2N3O. The standard InChI is InChI=1S/C11H17N3O.2ClH/c1-7(2)10(12)11(15)14-9-5-4-8(3)6-13-9;;/h4-7,10H,12H2,1-3H3,(H,13,14,15);2*1H. The number of carbonyl (C=O) groups is 1. The summed E-state index contributed by atoms with van der Waals surface area (Å²) in [6, 6.07) is 3.16. The fourth-order valence-electron chi connectivity index (χ4n) is 1.05. The Balaban J connectivity index is 0. The van der Waals surface area contributed by atoms with Gasteiger partial charge in [-0.2, -0.15) is 0 Å². The molecule has 0 spiro atoms. The molecule has 0 aromatic carbocycles. The van der Waals surface area contributed by atoms with Gasteiger partial charge in [0.25, 0.3) is 0 Å². The number of nitrogens with one attached hydrogen (secondary N) is 1. The van der Waals surface area contributed by atoms with Gasteiger partial charge in [0.1, 0.15) is 5.82 Å². The summed E-state index contributed by atoms with van der Waals surface area (Å²) >= 11 is 0. The lowest BCUT2D eigenvalue weighted by Gasteiger charge is -2.14. The molecule has 1 heterocycles. The minimum Gasteiger partial charge on any atom is -0.320 e. The minimum atomic E-state index is -0.492. The Labute approximate surface area is 114 Å². The zero-order valence-electron chi connectivity index (χ0n) is 10.1. The van der Waals surface area contributed by atoms with E-state index >= 15 is 0 Å². The van der Waals surface area contributed by atoms with Crippen LogP contribution >= 0.6 is 24.8 Å². The van der Waals surface area contributed by atoms with Gasteiger partial charge in [0.05, 0.1) is 6.04 Å². The first-order valence-electron chi connectivity index (χ1n) is 5.00. The first-order valence-corrected chi connectivity index (χ1v) is 5.00. The Hall–Kier alpha value is -0.840. The van der Waals surface area contributed by atoms with Crippen molar-refractivity contribution in [1.82, 2.24) is 4.98 Å². The number of hydrogen-bond acceptors (Lipinski definition) is 3. The smallest absolute Gasteiger partial charge is 0.242 e. The van der Waals surface area contributed by atoms with Crippen LogP contribution in [0.3, 0.4) is 0 Å². The number of pyridine rings is 1. The van der Waals surface area contributed by atoms with E-state index in [1.807, 2.05) is 26.8 Å². The average Bonchev–Trinajstić information content (AvgIpc) is 2.20. The van der Waals surface area contributed by atoms with Crippen molar-refractivity contribution in [2.24, 2.45) is 11.7 Å². The maximum atomic E-state index is 11.6. The lowest BCUT2D eigenvalue weighted by molar-refractivity contribution is -0.118. The number of hydrogen-bond donors (Lipinski definition) is 2. The van der Waals surface area contributed by atoms with E-state index in [4.69, 9.17) is 5.73 Å². The normalized spacial score (nSPS) is 11.1. The van der Waals surface area contributed by atoms with Crippen molar-refractivity contribution in [3.05, 3.63) is 23.9 Å². The summed E-state index contributed by atoms with van der Waals surface area (Å²) in [5, 5.41) is 2.68. The summed E-state index contributed by atoms with van der Waals surface area (Å²) < 4.78 is 0. The van der Waals surface area contributed by atoms with Gasteiger partial charge >= 0.3 is 0 Å². The van der Waals surface area contributed by atoms with Crippen LogP contribution in [0.2, 0.25) is 0 Å². The zero-order valence-corrected chi connectivity index (χ0v) is 11.8. The third-order valence-electron chi connectivity index (χ3n) is 2.18. The van der Waals surface area contributed by atoms with Gasteiger partial charge in [-0.3, -0.25) is 4.79 Å². The first kappa shape index (κ1) is 18.5. The van der Waals surface area contributed by atoms with Crippen LogP contribution in [-0.2, 0) is 4.79 Å². The number of anilines is 1. The van der Waals surface area contributed by atoms with Gasteiger partial charge in [0.15, 0.2) is 0 Å². The number of nitrogens with zero attached hydrogens (tertiary/aromatic N) is 1. The van der Waals surface area contributed by atoms with Crippen molar-refractivity contribution in [1.29, 1.82) is 0 Å². The van der Waals surface area contributed by atoms with Crippen molar-refractivity contribution in [3.8, 4) is 0 Å². The second-order valence-corrected chi connectivity index (χ2v) is 3.98. The van der Waals surface area contributed by atoms with Gasteiger partial charge in [-0.1, -0.05) is 19.9 Å². The fourth-order valence-corrected chi connectivity index (χ4v) is 1.05. The Morgan fingerprint density at radius 1 is 1.35 bits per heavy atom. The number of aryl methyl sites for hydroxylation is 1. The molecule has 0 aliphatic carbocycles. The average molecular weight is 280 g/mol. The Kier molecular flexibility index (Phi) is 9.02. The van der Waals surface area contributed by atoms with Gasteiger partial charge in [-0.25, -0.2) is 4.98 Å². The van der Waals surface area contributed by atoms with Crippen molar-refractivity contribution < 1.29 is 4.79 Å². The van der Waals surface area contributed by atoms with Gasteiger partial charge < -0.3 is 11.1 Å². The van der Waals surface area contributed by atoms with Crippen LogP contribution in [0, 0.1) is 12.8 Å². The molecule has 4 nitrogen and oxygen atoms in total. The molecule has 17 heavy (non-hydrogen) atoms. The molecule has 98 valence electrons. The molecule has 0 saturated carbocycles. The third kappa shape index (κ3) is 5.86. The predicted octanol–water partition coefficient (Wildman–Crippen LogP) is 2.16. The largest absolute Gasteiger partial charge is 0.320 e. The second-order valence-electron chi connectivity index (χ2n) is 3.98. The molecule has 1 atom stereocenters. The molecule has 1 unspecified atom stereocenters. The molecule has 1 amide bonds. The van der Waals surface area contributed by atoms with Gasteiger partial charge in [0.2, 0.25) is 5.91 Å². The summed E-state index contributed by atoms with van der Waals surface area (Å²) in [4.78, 5) is 15.6. The minimum absolute atomic E-state index is 0. The van der Waals surface area contributed by atoms with Crippen LogP contribution in [0.4, 0.5) is 5.82 Å². The second kappa shape index (κ2) is 8.28. The fraction of sp³-hybridized carbons (Fsp3) is 0.455. The maximum absolute atomic E-state index is 11.6. The highest BCUT2D eigenvalue weighted by Crippen LogP contribution is 2.06. The number of amides is 1. The Bertz CT molecular complexity index is 341. The summed E-state index contributed by atoms with van der Waals surface area (Å²) in [6.45, 7) is 5.76. The molecule has 0 aliphatic heterocycles. The van der Waals surface area contributed by atoms with Crippen molar-refractivity contribution in [3.63, 3.8) is 0 Å². The van der Waals surface area contributed by atoms with Crippen LogP contribution in [0.25, 0.3) is 0 Å². The molecule has 0 aliphatic rings. The molecule has 3 N–H and O–H groups in total. The van der Waals surface area contributed by atoms with Crippen LogP contribution in [0.1, 0.15) is 19.4 Å². The van der Waals surface area contributed by atoms with Crippen LogP contribution < -0.4 is 11.1 Å². The monoisotopic (exact) mass is 279 g/mol. The number of nitrogens with two attached hydrogens (primary N) is 1. The molecule has 6 heteroatoms. The van der Waals surface area contributed by atoms with E-state index in [9.17, 15) is 4.79 Å².